The summed E-state index contributed by atoms with van der Waals surface area (Å²) in [6.45, 7) is 6.80. The topological polar surface area (TPSA) is 83.4 Å². The van der Waals surface area contributed by atoms with Crippen molar-refractivity contribution in [1.82, 2.24) is 19.4 Å². The van der Waals surface area contributed by atoms with E-state index in [1.54, 1.807) is 24.3 Å². The number of hydrogen-bond donors (Lipinski definition) is 1. The number of halogens is 1. The molecule has 3 aromatic rings. The molecule has 0 aliphatic carbocycles. The molecule has 2 aromatic heterocycles. The molecule has 4 rings (SSSR count). The quantitative estimate of drug-likeness (QED) is 0.666. The Balaban J connectivity index is 1.49. The largest absolute Gasteiger partial charge is 0.345 e. The van der Waals surface area contributed by atoms with Gasteiger partial charge in [-0.15, -0.1) is 0 Å². The zero-order chi connectivity index (χ0) is 20.4. The number of nitrogens with one attached hydrogen (secondary N) is 1. The zero-order valence-electron chi connectivity index (χ0n) is 16.0. The van der Waals surface area contributed by atoms with Gasteiger partial charge in [0.25, 0.3) is 5.56 Å². The lowest BCUT2D eigenvalue weighted by Gasteiger charge is -2.33. The molecule has 3 heterocycles. The number of nitrogens with zero attached hydrogens (tertiary/aromatic N) is 5. The highest BCUT2D eigenvalue weighted by Crippen LogP contribution is 2.26. The predicted octanol–water partition coefficient (Wildman–Crippen LogP) is 2.29. The van der Waals surface area contributed by atoms with Gasteiger partial charge in [-0.1, -0.05) is 29.9 Å². The van der Waals surface area contributed by atoms with Crippen molar-refractivity contribution in [2.24, 2.45) is 0 Å². The number of aromatic nitrogens is 3. The third-order valence-corrected chi connectivity index (χ3v) is 6.25. The molecule has 1 aliphatic rings. The molecule has 0 atom stereocenters. The third-order valence-electron chi connectivity index (χ3n) is 4.90. The van der Waals surface area contributed by atoms with Gasteiger partial charge in [0.05, 0.1) is 0 Å². The smallest absolute Gasteiger partial charge is 0.273 e. The minimum atomic E-state index is -0.309. The fourth-order valence-corrected chi connectivity index (χ4v) is 4.37. The van der Waals surface area contributed by atoms with Crippen molar-refractivity contribution >= 4 is 50.0 Å². The summed E-state index contributed by atoms with van der Waals surface area (Å²) in [7, 11) is 0. The van der Waals surface area contributed by atoms with Gasteiger partial charge >= 0.3 is 0 Å². The van der Waals surface area contributed by atoms with E-state index in [0.717, 1.165) is 37.9 Å². The van der Waals surface area contributed by atoms with E-state index in [1.165, 1.54) is 22.2 Å². The van der Waals surface area contributed by atoms with Gasteiger partial charge in [-0.3, -0.25) is 14.2 Å². The second-order valence-electron chi connectivity index (χ2n) is 6.80. The lowest BCUT2D eigenvalue weighted by atomic mass is 10.3. The second-order valence-corrected chi connectivity index (χ2v) is 8.22. The number of anilines is 2. The number of fused-ring (bicyclic) bond motifs is 1. The van der Waals surface area contributed by atoms with E-state index >= 15 is 0 Å². The summed E-state index contributed by atoms with van der Waals surface area (Å²) in [5.41, 5.74) is 0.798. The number of carbonyl (C=O) groups excluding carboxylic acids is 1. The van der Waals surface area contributed by atoms with Gasteiger partial charge in [0.1, 0.15) is 17.6 Å². The molecule has 1 aromatic carbocycles. The summed E-state index contributed by atoms with van der Waals surface area (Å²) < 4.78 is 1.78. The first-order chi connectivity index (χ1) is 14.0. The Bertz CT molecular complexity index is 1070. The first-order valence-electron chi connectivity index (χ1n) is 9.42. The normalized spacial score (nSPS) is 15.0. The lowest BCUT2D eigenvalue weighted by molar-refractivity contribution is -0.116. The number of carbonyl (C=O) groups is 1. The highest BCUT2D eigenvalue weighted by Gasteiger charge is 2.20. The Morgan fingerprint density at radius 2 is 1.93 bits per heavy atom. The average molecular weight is 433 g/mol. The Labute approximate surface area is 176 Å². The molecule has 8 nitrogen and oxygen atoms in total. The van der Waals surface area contributed by atoms with Gasteiger partial charge < -0.3 is 15.1 Å². The average Bonchev–Trinajstić information content (AvgIpc) is 3.17. The van der Waals surface area contributed by atoms with Gasteiger partial charge in [0.2, 0.25) is 5.91 Å². The van der Waals surface area contributed by atoms with Crippen LogP contribution in [-0.4, -0.2) is 58.1 Å². The van der Waals surface area contributed by atoms with Gasteiger partial charge in [-0.2, -0.15) is 4.98 Å². The lowest BCUT2D eigenvalue weighted by Crippen LogP contribution is -2.46. The molecule has 1 N–H and O–H groups in total. The number of benzene rings is 1. The van der Waals surface area contributed by atoms with E-state index in [-0.39, 0.29) is 18.0 Å². The second kappa shape index (κ2) is 8.48. The highest BCUT2D eigenvalue weighted by molar-refractivity contribution is 7.22. The van der Waals surface area contributed by atoms with E-state index in [2.05, 4.69) is 32.0 Å². The van der Waals surface area contributed by atoms with Crippen LogP contribution in [-0.2, 0) is 11.3 Å². The van der Waals surface area contributed by atoms with Gasteiger partial charge in [-0.25, -0.2) is 4.98 Å². The SMILES string of the molecule is CCN1CCN(c2nc3ncn(CC(=O)Nc4ccc(Cl)cc4)c(=O)c3s2)CC1. The van der Waals surface area contributed by atoms with E-state index < -0.39 is 0 Å². The number of hydrogen-bond acceptors (Lipinski definition) is 7. The van der Waals surface area contributed by atoms with Crippen LogP contribution >= 0.6 is 22.9 Å². The van der Waals surface area contributed by atoms with Crippen LogP contribution in [0.3, 0.4) is 0 Å². The first-order valence-corrected chi connectivity index (χ1v) is 10.6. The first kappa shape index (κ1) is 19.8. The molecular weight excluding hydrogens is 412 g/mol. The van der Waals surface area contributed by atoms with Crippen molar-refractivity contribution in [3.8, 4) is 0 Å². The Hall–Kier alpha value is -2.49. The monoisotopic (exact) mass is 432 g/mol. The summed E-state index contributed by atoms with van der Waals surface area (Å²) in [6, 6.07) is 6.79. The fourth-order valence-electron chi connectivity index (χ4n) is 3.23. The van der Waals surface area contributed by atoms with Crippen molar-refractivity contribution < 1.29 is 4.79 Å². The predicted molar refractivity (Wildman–Crippen MR) is 116 cm³/mol. The summed E-state index contributed by atoms with van der Waals surface area (Å²) in [5.74, 6) is -0.309. The number of rotatable bonds is 5. The summed E-state index contributed by atoms with van der Waals surface area (Å²) in [5, 5.41) is 4.15. The molecule has 0 bridgehead atoms. The molecule has 1 amide bonds. The fraction of sp³-hybridized carbons (Fsp3) is 0.368. The molecule has 0 unspecified atom stereocenters. The van der Waals surface area contributed by atoms with Crippen LogP contribution in [0.4, 0.5) is 10.8 Å². The molecule has 1 aliphatic heterocycles. The molecule has 0 saturated carbocycles. The Kier molecular flexibility index (Phi) is 5.79. The number of amides is 1. The maximum absolute atomic E-state index is 12.8. The molecule has 0 radical (unpaired) electrons. The van der Waals surface area contributed by atoms with Crippen molar-refractivity contribution in [3.63, 3.8) is 0 Å². The summed E-state index contributed by atoms with van der Waals surface area (Å²) >= 11 is 7.19. The highest BCUT2D eigenvalue weighted by atomic mass is 35.5. The Morgan fingerprint density at radius 3 is 2.62 bits per heavy atom. The van der Waals surface area contributed by atoms with Crippen molar-refractivity contribution in [1.29, 1.82) is 0 Å². The van der Waals surface area contributed by atoms with E-state index in [9.17, 15) is 9.59 Å². The van der Waals surface area contributed by atoms with Gasteiger partial charge in [0, 0.05) is 36.9 Å². The molecular formula is C19H21ClN6O2S. The molecule has 29 heavy (non-hydrogen) atoms. The van der Waals surface area contributed by atoms with Gasteiger partial charge in [0.15, 0.2) is 10.8 Å². The zero-order valence-corrected chi connectivity index (χ0v) is 17.5. The molecule has 0 spiro atoms. The minimum absolute atomic E-state index is 0.118. The van der Waals surface area contributed by atoms with Crippen LogP contribution in [0.15, 0.2) is 35.4 Å². The standard InChI is InChI=1S/C19H21ClN6O2S/c1-2-24-7-9-25(10-8-24)19-23-17-16(29-19)18(28)26(12-21-17)11-15(27)22-14-5-3-13(20)4-6-14/h3-6,12H,2,7-11H2,1H3,(H,22,27). The third kappa shape index (κ3) is 4.42. The summed E-state index contributed by atoms with van der Waals surface area (Å²) in [6.07, 6.45) is 1.38. The van der Waals surface area contributed by atoms with E-state index in [4.69, 9.17) is 11.6 Å². The molecule has 1 fully saturated rings. The Morgan fingerprint density at radius 1 is 1.21 bits per heavy atom. The van der Waals surface area contributed by atoms with E-state index in [1.807, 2.05) is 0 Å². The van der Waals surface area contributed by atoms with E-state index in [0.29, 0.717) is 21.1 Å². The van der Waals surface area contributed by atoms with Crippen LogP contribution in [0.5, 0.6) is 0 Å². The molecule has 152 valence electrons. The number of thiazole rings is 1. The van der Waals surface area contributed by atoms with Crippen molar-refractivity contribution in [3.05, 3.63) is 46.0 Å². The van der Waals surface area contributed by atoms with Crippen LogP contribution < -0.4 is 15.8 Å². The van der Waals surface area contributed by atoms with Crippen LogP contribution in [0, 0.1) is 0 Å². The van der Waals surface area contributed by atoms with Crippen LogP contribution in [0.2, 0.25) is 5.02 Å². The molecule has 1 saturated heterocycles. The van der Waals surface area contributed by atoms with Crippen molar-refractivity contribution in [2.75, 3.05) is 42.9 Å². The van der Waals surface area contributed by atoms with Crippen LogP contribution in [0.1, 0.15) is 6.92 Å². The summed E-state index contributed by atoms with van der Waals surface area (Å²) in [4.78, 5) is 38.5. The van der Waals surface area contributed by atoms with Crippen molar-refractivity contribution in [2.45, 2.75) is 13.5 Å². The number of piperazine rings is 1. The minimum Gasteiger partial charge on any atom is -0.345 e. The maximum atomic E-state index is 12.8. The van der Waals surface area contributed by atoms with Gasteiger partial charge in [-0.05, 0) is 30.8 Å². The number of likely N-dealkylation sites (N-methyl/N-ethyl adjacent to an activating group) is 1. The maximum Gasteiger partial charge on any atom is 0.273 e. The molecule has 10 heteroatoms. The van der Waals surface area contributed by atoms with Crippen LogP contribution in [0.25, 0.3) is 10.3 Å².